The number of aliphatic hydroxyl groups excluding tert-OH is 2. The fourth-order valence-corrected chi connectivity index (χ4v) is 5.89. The minimum Gasteiger partial charge on any atom is -0.387 e. The standard InChI is InChI=1S/C11H19N2O15P3/c1-2-24-29(18,19)27-31(22,23)28-30(20,21)25-5-6-8(15)9(16)10(26-6)13-4-3-7(14)12-11(13)17/h3-4,6,8-10,15-16H,2,5H2,1H3,(H,18,19)(H,20,21)(H,22,23)(H,12,14,17). The van der Waals surface area contributed by atoms with Crippen molar-refractivity contribution < 1.29 is 61.0 Å². The number of aromatic amines is 1. The van der Waals surface area contributed by atoms with Crippen LogP contribution in [0.5, 0.6) is 0 Å². The molecule has 0 spiro atoms. The normalized spacial score (nSPS) is 29.7. The third-order valence-electron chi connectivity index (χ3n) is 3.57. The first-order valence-corrected chi connectivity index (χ1v) is 12.7. The van der Waals surface area contributed by atoms with Crippen molar-refractivity contribution in [1.29, 1.82) is 0 Å². The van der Waals surface area contributed by atoms with Gasteiger partial charge in [0.05, 0.1) is 13.2 Å². The average molecular weight is 512 g/mol. The van der Waals surface area contributed by atoms with Gasteiger partial charge in [-0.1, -0.05) is 0 Å². The van der Waals surface area contributed by atoms with Gasteiger partial charge in [-0.15, -0.1) is 0 Å². The highest BCUT2D eigenvalue weighted by atomic mass is 31.3. The summed E-state index contributed by atoms with van der Waals surface area (Å²) >= 11 is 0. The maximum absolute atomic E-state index is 11.9. The number of hydrogen-bond donors (Lipinski definition) is 6. The molecule has 0 saturated carbocycles. The van der Waals surface area contributed by atoms with Gasteiger partial charge in [0.15, 0.2) is 6.23 Å². The van der Waals surface area contributed by atoms with E-state index in [1.165, 1.54) is 6.92 Å². The number of rotatable bonds is 10. The maximum Gasteiger partial charge on any atom is 0.490 e. The molecule has 1 saturated heterocycles. The van der Waals surface area contributed by atoms with Crippen LogP contribution in [-0.2, 0) is 36.1 Å². The first-order valence-electron chi connectivity index (χ1n) is 8.19. The number of hydrogen-bond acceptors (Lipinski definition) is 12. The summed E-state index contributed by atoms with van der Waals surface area (Å²) in [4.78, 5) is 52.8. The van der Waals surface area contributed by atoms with Crippen LogP contribution in [0.3, 0.4) is 0 Å². The lowest BCUT2D eigenvalue weighted by molar-refractivity contribution is -0.0542. The highest BCUT2D eigenvalue weighted by Crippen LogP contribution is 2.67. The lowest BCUT2D eigenvalue weighted by atomic mass is 10.1. The van der Waals surface area contributed by atoms with Gasteiger partial charge >= 0.3 is 29.2 Å². The number of phosphoric acid groups is 3. The predicted octanol–water partition coefficient (Wildman–Crippen LogP) is -1.46. The number of phosphoric ester groups is 2. The van der Waals surface area contributed by atoms with Crippen LogP contribution in [-0.4, -0.2) is 66.0 Å². The summed E-state index contributed by atoms with van der Waals surface area (Å²) in [5.41, 5.74) is -1.72. The van der Waals surface area contributed by atoms with E-state index >= 15 is 0 Å². The molecule has 178 valence electrons. The van der Waals surface area contributed by atoms with E-state index < -0.39 is 72.5 Å². The van der Waals surface area contributed by atoms with E-state index in [1.54, 1.807) is 0 Å². The molecule has 0 bridgehead atoms. The van der Waals surface area contributed by atoms with Crippen LogP contribution in [0.4, 0.5) is 0 Å². The third kappa shape index (κ3) is 7.23. The van der Waals surface area contributed by atoms with Crippen molar-refractivity contribution in [2.75, 3.05) is 13.2 Å². The molecule has 17 nitrogen and oxygen atoms in total. The summed E-state index contributed by atoms with van der Waals surface area (Å²) in [6.07, 6.45) is -5.61. The van der Waals surface area contributed by atoms with Crippen LogP contribution >= 0.6 is 23.5 Å². The Morgan fingerprint density at radius 2 is 1.61 bits per heavy atom. The molecule has 1 aromatic rings. The molecule has 7 unspecified atom stereocenters. The Morgan fingerprint density at radius 1 is 1.03 bits per heavy atom. The van der Waals surface area contributed by atoms with Gasteiger partial charge in [0.1, 0.15) is 18.3 Å². The molecule has 7 atom stereocenters. The maximum atomic E-state index is 11.9. The van der Waals surface area contributed by atoms with Crippen molar-refractivity contribution in [3.05, 3.63) is 33.1 Å². The Hall–Kier alpha value is -1.03. The quantitative estimate of drug-likeness (QED) is 0.196. The molecular formula is C11H19N2O15P3. The lowest BCUT2D eigenvalue weighted by Crippen LogP contribution is -2.37. The minimum atomic E-state index is -5.63. The van der Waals surface area contributed by atoms with Crippen molar-refractivity contribution in [2.45, 2.75) is 31.5 Å². The second-order valence-corrected chi connectivity index (χ2v) is 10.5. The van der Waals surface area contributed by atoms with Crippen molar-refractivity contribution in [3.8, 4) is 0 Å². The Balaban J connectivity index is 2.03. The smallest absolute Gasteiger partial charge is 0.387 e. The monoisotopic (exact) mass is 512 g/mol. The molecule has 2 heterocycles. The molecule has 6 N–H and O–H groups in total. The second kappa shape index (κ2) is 9.85. The molecule has 0 aromatic carbocycles. The zero-order valence-electron chi connectivity index (χ0n) is 15.5. The second-order valence-electron chi connectivity index (χ2n) is 5.85. The first kappa shape index (κ1) is 26.2. The molecule has 31 heavy (non-hydrogen) atoms. The summed E-state index contributed by atoms with van der Waals surface area (Å²) in [7, 11) is -16.2. The number of aliphatic hydroxyl groups is 2. The van der Waals surface area contributed by atoms with Crippen LogP contribution in [0, 0.1) is 0 Å². The van der Waals surface area contributed by atoms with E-state index in [-0.39, 0.29) is 0 Å². The molecule has 2 rings (SSSR count). The van der Waals surface area contributed by atoms with E-state index in [0.29, 0.717) is 0 Å². The molecule has 20 heteroatoms. The molecular weight excluding hydrogens is 493 g/mol. The van der Waals surface area contributed by atoms with E-state index in [4.69, 9.17) is 9.63 Å². The van der Waals surface area contributed by atoms with Crippen LogP contribution in [0.2, 0.25) is 0 Å². The highest BCUT2D eigenvalue weighted by Gasteiger charge is 2.47. The van der Waals surface area contributed by atoms with Gasteiger partial charge in [-0.3, -0.25) is 23.4 Å². The lowest BCUT2D eigenvalue weighted by Gasteiger charge is -2.20. The van der Waals surface area contributed by atoms with Gasteiger partial charge in [-0.05, 0) is 6.92 Å². The van der Waals surface area contributed by atoms with Crippen molar-refractivity contribution in [2.24, 2.45) is 0 Å². The Morgan fingerprint density at radius 3 is 2.16 bits per heavy atom. The van der Waals surface area contributed by atoms with Gasteiger partial charge in [-0.2, -0.15) is 8.62 Å². The number of nitrogens with one attached hydrogen (secondary N) is 1. The van der Waals surface area contributed by atoms with Crippen molar-refractivity contribution in [3.63, 3.8) is 0 Å². The molecule has 0 radical (unpaired) electrons. The molecule has 1 aliphatic rings. The number of H-pyrrole nitrogens is 1. The Bertz CT molecular complexity index is 1040. The summed E-state index contributed by atoms with van der Waals surface area (Å²) in [5.74, 6) is 0. The largest absolute Gasteiger partial charge is 0.490 e. The first-order chi connectivity index (χ1) is 14.2. The van der Waals surface area contributed by atoms with Gasteiger partial charge in [0.2, 0.25) is 0 Å². The van der Waals surface area contributed by atoms with Gasteiger partial charge in [-0.25, -0.2) is 18.5 Å². The fourth-order valence-electron chi connectivity index (χ4n) is 2.38. The topological polar surface area (TPSA) is 253 Å². The Kier molecular flexibility index (Phi) is 8.33. The average Bonchev–Trinajstić information content (AvgIpc) is 2.86. The minimum absolute atomic E-state index is 0.403. The highest BCUT2D eigenvalue weighted by molar-refractivity contribution is 7.66. The summed E-state index contributed by atoms with van der Waals surface area (Å²) in [6.45, 7) is -0.159. The van der Waals surface area contributed by atoms with E-state index in [9.17, 15) is 43.3 Å². The molecule has 0 amide bonds. The summed E-state index contributed by atoms with van der Waals surface area (Å²) in [6, 6.07) is 0.935. The molecule has 0 aliphatic carbocycles. The van der Waals surface area contributed by atoms with Crippen LogP contribution in [0.25, 0.3) is 0 Å². The molecule has 1 aliphatic heterocycles. The zero-order valence-corrected chi connectivity index (χ0v) is 18.2. The van der Waals surface area contributed by atoms with Crippen molar-refractivity contribution >= 4 is 23.5 Å². The molecule has 1 aromatic heterocycles. The van der Waals surface area contributed by atoms with Crippen LogP contribution in [0.15, 0.2) is 21.9 Å². The van der Waals surface area contributed by atoms with Crippen LogP contribution < -0.4 is 11.2 Å². The van der Waals surface area contributed by atoms with E-state index in [1.807, 2.05) is 4.98 Å². The number of nitrogens with zero attached hydrogens (tertiary/aromatic N) is 1. The van der Waals surface area contributed by atoms with Crippen LogP contribution in [0.1, 0.15) is 13.2 Å². The molecule has 1 fully saturated rings. The van der Waals surface area contributed by atoms with Gasteiger partial charge in [0, 0.05) is 12.3 Å². The number of ether oxygens (including phenoxy) is 1. The van der Waals surface area contributed by atoms with Gasteiger partial charge < -0.3 is 29.6 Å². The van der Waals surface area contributed by atoms with E-state index in [0.717, 1.165) is 16.8 Å². The summed E-state index contributed by atoms with van der Waals surface area (Å²) in [5, 5.41) is 20.1. The fraction of sp³-hybridized carbons (Fsp3) is 0.636. The van der Waals surface area contributed by atoms with Gasteiger partial charge in [0.25, 0.3) is 5.56 Å². The Labute approximate surface area is 172 Å². The van der Waals surface area contributed by atoms with E-state index in [2.05, 4.69) is 17.7 Å². The number of aromatic nitrogens is 2. The predicted molar refractivity (Wildman–Crippen MR) is 96.5 cm³/mol. The van der Waals surface area contributed by atoms with Crippen molar-refractivity contribution in [1.82, 2.24) is 9.55 Å². The summed E-state index contributed by atoms with van der Waals surface area (Å²) < 4.78 is 56.9. The SMILES string of the molecule is CCOP(=O)(O)OP(=O)(O)OP(=O)(O)OCC1OC(n2ccc(=O)[nH]c2=O)C(O)C1O. The third-order valence-corrected chi connectivity index (χ3v) is 7.93. The zero-order chi connectivity index (χ0) is 23.6.